The minimum Gasteiger partial charge on any atom is -0.473 e. The highest BCUT2D eigenvalue weighted by atomic mass is 19.4. The van der Waals surface area contributed by atoms with Gasteiger partial charge in [0.25, 0.3) is 0 Å². The van der Waals surface area contributed by atoms with E-state index in [2.05, 4.69) is 10.3 Å². The number of piperidine rings is 1. The highest BCUT2D eigenvalue weighted by molar-refractivity contribution is 5.23. The molecule has 0 aromatic carbocycles. The fourth-order valence-electron chi connectivity index (χ4n) is 2.73. The molecular formula is C12H13F3N2O. The molecule has 0 unspecified atom stereocenters. The van der Waals surface area contributed by atoms with Gasteiger partial charge in [-0.3, -0.25) is 0 Å². The summed E-state index contributed by atoms with van der Waals surface area (Å²) in [6.45, 7) is 0.987. The second kappa shape index (κ2) is 4.12. The van der Waals surface area contributed by atoms with Crippen molar-refractivity contribution in [1.82, 2.24) is 10.3 Å². The monoisotopic (exact) mass is 258 g/mol. The first-order valence-corrected chi connectivity index (χ1v) is 5.95. The second-order valence-corrected chi connectivity index (χ2v) is 4.89. The average molecular weight is 258 g/mol. The number of fused-ring (bicyclic) bond motifs is 2. The van der Waals surface area contributed by atoms with Crippen LogP contribution in [0, 0.1) is 5.92 Å². The molecular weight excluding hydrogens is 245 g/mol. The van der Waals surface area contributed by atoms with Gasteiger partial charge in [0.1, 0.15) is 6.10 Å². The van der Waals surface area contributed by atoms with Crippen molar-refractivity contribution < 1.29 is 17.9 Å². The molecule has 0 spiro atoms. The van der Waals surface area contributed by atoms with Gasteiger partial charge in [-0.05, 0) is 31.4 Å². The summed E-state index contributed by atoms with van der Waals surface area (Å²) in [5.41, 5.74) is -0.719. The Morgan fingerprint density at radius 1 is 1.33 bits per heavy atom. The maximum Gasteiger partial charge on any atom is 0.416 e. The molecule has 2 bridgehead atoms. The molecule has 0 radical (unpaired) electrons. The Balaban J connectivity index is 1.73. The highest BCUT2D eigenvalue weighted by Gasteiger charge is 2.41. The quantitative estimate of drug-likeness (QED) is 0.883. The Morgan fingerprint density at radius 2 is 2.17 bits per heavy atom. The minimum absolute atomic E-state index is 0.0558. The van der Waals surface area contributed by atoms with Crippen LogP contribution in [0.15, 0.2) is 18.3 Å². The molecule has 1 saturated heterocycles. The van der Waals surface area contributed by atoms with Crippen LogP contribution >= 0.6 is 0 Å². The lowest BCUT2D eigenvalue weighted by atomic mass is 10.1. The first kappa shape index (κ1) is 11.8. The predicted molar refractivity (Wildman–Crippen MR) is 58.2 cm³/mol. The van der Waals surface area contributed by atoms with E-state index in [9.17, 15) is 13.2 Å². The van der Waals surface area contributed by atoms with E-state index in [1.54, 1.807) is 0 Å². The van der Waals surface area contributed by atoms with Crippen LogP contribution in [0.3, 0.4) is 0 Å². The van der Waals surface area contributed by atoms with Crippen LogP contribution in [0.25, 0.3) is 0 Å². The summed E-state index contributed by atoms with van der Waals surface area (Å²) in [5.74, 6) is 0.648. The lowest BCUT2D eigenvalue weighted by molar-refractivity contribution is -0.137. The van der Waals surface area contributed by atoms with Gasteiger partial charge in [-0.1, -0.05) is 0 Å². The van der Waals surface area contributed by atoms with Crippen molar-refractivity contribution in [2.45, 2.75) is 31.2 Å². The smallest absolute Gasteiger partial charge is 0.416 e. The third kappa shape index (κ3) is 2.16. The van der Waals surface area contributed by atoms with Gasteiger partial charge >= 0.3 is 6.18 Å². The summed E-state index contributed by atoms with van der Waals surface area (Å²) in [5, 5.41) is 3.30. The summed E-state index contributed by atoms with van der Waals surface area (Å²) >= 11 is 0. The van der Waals surface area contributed by atoms with E-state index < -0.39 is 11.7 Å². The van der Waals surface area contributed by atoms with Gasteiger partial charge in [0.15, 0.2) is 0 Å². The van der Waals surface area contributed by atoms with Gasteiger partial charge in [-0.2, -0.15) is 13.2 Å². The normalized spacial score (nSPS) is 30.7. The largest absolute Gasteiger partial charge is 0.473 e. The zero-order chi connectivity index (χ0) is 12.8. The van der Waals surface area contributed by atoms with Crippen molar-refractivity contribution in [1.29, 1.82) is 0 Å². The first-order chi connectivity index (χ1) is 8.52. The van der Waals surface area contributed by atoms with Gasteiger partial charge < -0.3 is 10.1 Å². The van der Waals surface area contributed by atoms with Crippen molar-refractivity contribution in [3.8, 4) is 5.88 Å². The molecule has 1 N–H and O–H groups in total. The van der Waals surface area contributed by atoms with Crippen LogP contribution in [0.4, 0.5) is 13.2 Å². The number of ether oxygens (including phenoxy) is 1. The number of hydrogen-bond donors (Lipinski definition) is 1. The summed E-state index contributed by atoms with van der Waals surface area (Å²) in [6.07, 6.45) is -1.33. The molecule has 18 heavy (non-hydrogen) atoms. The number of aromatic nitrogens is 1. The van der Waals surface area contributed by atoms with Gasteiger partial charge in [-0.15, -0.1) is 0 Å². The maximum absolute atomic E-state index is 12.5. The van der Waals surface area contributed by atoms with Crippen LogP contribution in [-0.4, -0.2) is 23.7 Å². The van der Waals surface area contributed by atoms with E-state index >= 15 is 0 Å². The van der Waals surface area contributed by atoms with Gasteiger partial charge in [-0.25, -0.2) is 4.98 Å². The summed E-state index contributed by atoms with van der Waals surface area (Å²) in [4.78, 5) is 3.85. The number of nitrogens with zero attached hydrogens (tertiary/aromatic N) is 1. The molecule has 1 saturated carbocycles. The van der Waals surface area contributed by atoms with E-state index in [1.165, 1.54) is 0 Å². The Hall–Kier alpha value is -1.30. The standard InChI is InChI=1S/C12H13F3N2O/c13-12(14,15)8-1-2-16-11(5-8)18-10-4-7-3-9(10)17-6-7/h1-2,5,7,9-10,17H,3-4,6H2/t7-,9+,10-/m1/s1. The van der Waals surface area contributed by atoms with Crippen molar-refractivity contribution in [2.24, 2.45) is 5.92 Å². The summed E-state index contributed by atoms with van der Waals surface area (Å²) in [6, 6.07) is 2.17. The van der Waals surface area contributed by atoms with Crippen LogP contribution in [0.5, 0.6) is 5.88 Å². The van der Waals surface area contributed by atoms with Gasteiger partial charge in [0.05, 0.1) is 5.56 Å². The molecule has 6 heteroatoms. The minimum atomic E-state index is -4.35. The molecule has 1 aromatic rings. The number of alkyl halides is 3. The number of pyridine rings is 1. The molecule has 2 heterocycles. The molecule has 3 nitrogen and oxygen atoms in total. The predicted octanol–water partition coefficient (Wildman–Crippen LogP) is 2.23. The number of hydrogen-bond acceptors (Lipinski definition) is 3. The average Bonchev–Trinajstić information content (AvgIpc) is 2.90. The lowest BCUT2D eigenvalue weighted by Crippen LogP contribution is -2.40. The van der Waals surface area contributed by atoms with E-state index in [-0.39, 0.29) is 18.0 Å². The third-order valence-corrected chi connectivity index (χ3v) is 3.60. The van der Waals surface area contributed by atoms with Crippen molar-refractivity contribution in [3.05, 3.63) is 23.9 Å². The molecule has 1 aromatic heterocycles. The summed E-state index contributed by atoms with van der Waals surface area (Å²) in [7, 11) is 0. The fraction of sp³-hybridized carbons (Fsp3) is 0.583. The van der Waals surface area contributed by atoms with E-state index in [1.807, 2.05) is 0 Å². The van der Waals surface area contributed by atoms with Crippen LogP contribution in [-0.2, 0) is 6.18 Å². The SMILES string of the molecule is FC(F)(F)c1ccnc(O[C@@H]2C[C@@H]3CN[C@H]2C3)c1. The Kier molecular flexibility index (Phi) is 2.69. The van der Waals surface area contributed by atoms with E-state index in [4.69, 9.17) is 4.74 Å². The number of rotatable bonds is 2. The first-order valence-electron chi connectivity index (χ1n) is 5.95. The number of halogens is 3. The van der Waals surface area contributed by atoms with Gasteiger partial charge in [0, 0.05) is 18.3 Å². The highest BCUT2D eigenvalue weighted by Crippen LogP contribution is 2.35. The number of nitrogens with one attached hydrogen (secondary N) is 1. The summed E-state index contributed by atoms with van der Waals surface area (Å²) < 4.78 is 43.2. The molecule has 1 aliphatic carbocycles. The van der Waals surface area contributed by atoms with E-state index in [0.717, 1.165) is 37.7 Å². The zero-order valence-corrected chi connectivity index (χ0v) is 9.57. The van der Waals surface area contributed by atoms with Crippen LogP contribution < -0.4 is 10.1 Å². The Labute approximate surface area is 102 Å². The topological polar surface area (TPSA) is 34.1 Å². The third-order valence-electron chi connectivity index (χ3n) is 3.60. The molecule has 0 amide bonds. The van der Waals surface area contributed by atoms with Crippen LogP contribution in [0.2, 0.25) is 0 Å². The fourth-order valence-corrected chi connectivity index (χ4v) is 2.73. The molecule has 98 valence electrons. The van der Waals surface area contributed by atoms with Crippen molar-refractivity contribution in [2.75, 3.05) is 6.54 Å². The van der Waals surface area contributed by atoms with Crippen molar-refractivity contribution in [3.63, 3.8) is 0 Å². The van der Waals surface area contributed by atoms with E-state index in [0.29, 0.717) is 5.92 Å². The zero-order valence-electron chi connectivity index (χ0n) is 9.57. The lowest BCUT2D eigenvalue weighted by Gasteiger charge is -2.23. The van der Waals surface area contributed by atoms with Crippen molar-refractivity contribution >= 4 is 0 Å². The Bertz CT molecular complexity index is 449. The molecule has 2 fully saturated rings. The van der Waals surface area contributed by atoms with Gasteiger partial charge in [0.2, 0.25) is 5.88 Å². The molecule has 2 aliphatic rings. The second-order valence-electron chi connectivity index (χ2n) is 4.89. The molecule has 1 aliphatic heterocycles. The maximum atomic E-state index is 12.5. The molecule has 3 atom stereocenters. The van der Waals surface area contributed by atoms with Crippen LogP contribution in [0.1, 0.15) is 18.4 Å². The molecule has 3 rings (SSSR count). The Morgan fingerprint density at radius 3 is 2.78 bits per heavy atom.